The normalized spacial score (nSPS) is 10.1. The van der Waals surface area contributed by atoms with Crippen molar-refractivity contribution in [2.45, 2.75) is 0 Å². The van der Waals surface area contributed by atoms with Crippen molar-refractivity contribution in [2.24, 2.45) is 0 Å². The van der Waals surface area contributed by atoms with E-state index in [1.807, 2.05) is 18.2 Å². The Labute approximate surface area is 97.4 Å². The minimum atomic E-state index is 0.176. The molecule has 3 nitrogen and oxygen atoms in total. The molecule has 0 unspecified atom stereocenters. The van der Waals surface area contributed by atoms with Crippen molar-refractivity contribution in [3.05, 3.63) is 39.6 Å². The molecule has 71 valence electrons. The van der Waals surface area contributed by atoms with E-state index in [1.54, 1.807) is 0 Å². The van der Waals surface area contributed by atoms with Gasteiger partial charge in [-0.15, -0.1) is 0 Å². The maximum Gasteiger partial charge on any atom is 0.399 e. The molecule has 0 spiro atoms. The average molecular weight is 318 g/mol. The summed E-state index contributed by atoms with van der Waals surface area (Å²) in [6.45, 7) is 0. The molecule has 14 heavy (non-hydrogen) atoms. The van der Waals surface area contributed by atoms with Gasteiger partial charge in [-0.2, -0.15) is 4.98 Å². The van der Waals surface area contributed by atoms with E-state index in [-0.39, 0.29) is 6.08 Å². The number of halogens is 2. The van der Waals surface area contributed by atoms with Crippen molar-refractivity contribution in [1.29, 1.82) is 0 Å². The van der Waals surface area contributed by atoms with E-state index >= 15 is 0 Å². The first kappa shape index (κ1) is 9.73. The zero-order valence-electron chi connectivity index (χ0n) is 6.83. The van der Waals surface area contributed by atoms with Crippen molar-refractivity contribution in [1.82, 2.24) is 4.98 Å². The summed E-state index contributed by atoms with van der Waals surface area (Å²) in [7, 11) is 0. The highest BCUT2D eigenvalue weighted by Gasteiger charge is 2.03. The van der Waals surface area contributed by atoms with Gasteiger partial charge in [-0.05, 0) is 18.2 Å². The van der Waals surface area contributed by atoms with Crippen molar-refractivity contribution in [3.63, 3.8) is 0 Å². The number of oxazole rings is 1. The summed E-state index contributed by atoms with van der Waals surface area (Å²) in [5.74, 6) is 0.641. The number of benzene rings is 1. The molecular weight excluding hydrogens is 314 g/mol. The molecule has 0 aliphatic rings. The molecule has 2 aromatic rings. The minimum absolute atomic E-state index is 0.176. The molecular formula is C9H4Br2NO2. The van der Waals surface area contributed by atoms with E-state index in [2.05, 4.69) is 43.0 Å². The van der Waals surface area contributed by atoms with Crippen LogP contribution in [0.5, 0.6) is 11.8 Å². The lowest BCUT2D eigenvalue weighted by atomic mass is 10.3. The van der Waals surface area contributed by atoms with Crippen molar-refractivity contribution in [2.75, 3.05) is 0 Å². The molecule has 5 heteroatoms. The topological polar surface area (TPSA) is 35.3 Å². The Bertz CT molecular complexity index is 408. The zero-order valence-corrected chi connectivity index (χ0v) is 10.0. The van der Waals surface area contributed by atoms with Crippen LogP contribution in [0.1, 0.15) is 0 Å². The fraction of sp³-hybridized carbons (Fsp3) is 0. The summed E-state index contributed by atoms with van der Waals surface area (Å²) >= 11 is 6.70. The van der Waals surface area contributed by atoms with E-state index in [1.165, 1.54) is 6.26 Å². The van der Waals surface area contributed by atoms with Crippen LogP contribution in [0, 0.1) is 6.20 Å². The third-order valence-electron chi connectivity index (χ3n) is 1.41. The predicted molar refractivity (Wildman–Crippen MR) is 57.3 cm³/mol. The van der Waals surface area contributed by atoms with E-state index in [0.717, 1.165) is 8.95 Å². The first-order chi connectivity index (χ1) is 6.74. The Balaban J connectivity index is 2.25. The molecule has 0 aliphatic heterocycles. The number of nitrogens with zero attached hydrogens (tertiary/aromatic N) is 1. The molecule has 1 heterocycles. The zero-order chi connectivity index (χ0) is 9.97. The SMILES string of the molecule is Brc1cc(Br)cc(Oc2n[c]co2)c1. The van der Waals surface area contributed by atoms with Crippen molar-refractivity contribution in [3.8, 4) is 11.8 Å². The van der Waals surface area contributed by atoms with Crippen LogP contribution >= 0.6 is 31.9 Å². The van der Waals surface area contributed by atoms with Gasteiger partial charge in [-0.25, -0.2) is 0 Å². The first-order valence-electron chi connectivity index (χ1n) is 3.69. The van der Waals surface area contributed by atoms with Gasteiger partial charge in [0.15, 0.2) is 0 Å². The highest BCUT2D eigenvalue weighted by Crippen LogP contribution is 2.27. The maximum atomic E-state index is 5.31. The third kappa shape index (κ3) is 2.36. The number of hydrogen-bond donors (Lipinski definition) is 0. The number of aromatic nitrogens is 1. The predicted octanol–water partition coefficient (Wildman–Crippen LogP) is 3.79. The molecule has 0 bridgehead atoms. The lowest BCUT2D eigenvalue weighted by molar-refractivity contribution is 0.330. The van der Waals surface area contributed by atoms with Gasteiger partial charge < -0.3 is 9.15 Å². The molecule has 0 atom stereocenters. The molecule has 0 amide bonds. The van der Waals surface area contributed by atoms with Crippen LogP contribution in [0.15, 0.2) is 37.8 Å². The second-order valence-corrected chi connectivity index (χ2v) is 4.28. The largest absolute Gasteiger partial charge is 0.417 e. The highest BCUT2D eigenvalue weighted by molar-refractivity contribution is 9.11. The monoisotopic (exact) mass is 316 g/mol. The Hall–Kier alpha value is -0.810. The smallest absolute Gasteiger partial charge is 0.399 e. The Morgan fingerprint density at radius 1 is 1.21 bits per heavy atom. The lowest BCUT2D eigenvalue weighted by Crippen LogP contribution is -1.83. The Kier molecular flexibility index (Phi) is 2.88. The summed E-state index contributed by atoms with van der Waals surface area (Å²) in [5.41, 5.74) is 0. The van der Waals surface area contributed by atoms with Crippen LogP contribution in [0.3, 0.4) is 0 Å². The molecule has 0 saturated carbocycles. The molecule has 1 aromatic carbocycles. The maximum absolute atomic E-state index is 5.31. The van der Waals surface area contributed by atoms with Gasteiger partial charge in [-0.3, -0.25) is 0 Å². The second kappa shape index (κ2) is 4.14. The number of hydrogen-bond acceptors (Lipinski definition) is 3. The van der Waals surface area contributed by atoms with Gasteiger partial charge in [0.1, 0.15) is 18.2 Å². The summed E-state index contributed by atoms with van der Waals surface area (Å²) in [5, 5.41) is 0. The fourth-order valence-electron chi connectivity index (χ4n) is 0.917. The van der Waals surface area contributed by atoms with E-state index in [0.29, 0.717) is 5.75 Å². The Morgan fingerprint density at radius 2 is 1.93 bits per heavy atom. The molecule has 1 radical (unpaired) electrons. The van der Waals surface area contributed by atoms with E-state index < -0.39 is 0 Å². The summed E-state index contributed by atoms with van der Waals surface area (Å²) in [6.07, 6.45) is 4.03. The molecule has 1 aromatic heterocycles. The third-order valence-corrected chi connectivity index (χ3v) is 2.33. The number of ether oxygens (including phenoxy) is 1. The molecule has 0 fully saturated rings. The molecule has 0 aliphatic carbocycles. The molecule has 0 N–H and O–H groups in total. The van der Waals surface area contributed by atoms with Crippen molar-refractivity contribution < 1.29 is 9.15 Å². The Morgan fingerprint density at radius 3 is 2.50 bits per heavy atom. The van der Waals surface area contributed by atoms with E-state index in [4.69, 9.17) is 9.15 Å². The van der Waals surface area contributed by atoms with Crippen molar-refractivity contribution >= 4 is 31.9 Å². The fourth-order valence-corrected chi connectivity index (χ4v) is 2.17. The highest BCUT2D eigenvalue weighted by atomic mass is 79.9. The second-order valence-electron chi connectivity index (χ2n) is 2.45. The van der Waals surface area contributed by atoms with Crippen LogP contribution in [0.25, 0.3) is 0 Å². The van der Waals surface area contributed by atoms with Crippen LogP contribution in [-0.4, -0.2) is 4.98 Å². The van der Waals surface area contributed by atoms with Crippen LogP contribution in [0.2, 0.25) is 0 Å². The first-order valence-corrected chi connectivity index (χ1v) is 5.28. The molecule has 2 rings (SSSR count). The van der Waals surface area contributed by atoms with Gasteiger partial charge in [0.2, 0.25) is 0 Å². The average Bonchev–Trinajstić information content (AvgIpc) is 2.54. The van der Waals surface area contributed by atoms with Crippen LogP contribution in [0.4, 0.5) is 0 Å². The lowest BCUT2D eigenvalue weighted by Gasteiger charge is -2.01. The quantitative estimate of drug-likeness (QED) is 0.845. The number of rotatable bonds is 2. The van der Waals surface area contributed by atoms with Gasteiger partial charge in [0.25, 0.3) is 0 Å². The summed E-state index contributed by atoms with van der Waals surface area (Å²) < 4.78 is 12.0. The van der Waals surface area contributed by atoms with Gasteiger partial charge in [0, 0.05) is 8.95 Å². The van der Waals surface area contributed by atoms with Gasteiger partial charge in [0.05, 0.1) is 0 Å². The summed E-state index contributed by atoms with van der Waals surface area (Å²) in [4.78, 5) is 3.73. The molecule has 0 saturated heterocycles. The van der Waals surface area contributed by atoms with Gasteiger partial charge >= 0.3 is 6.08 Å². The van der Waals surface area contributed by atoms with Crippen LogP contribution < -0.4 is 4.74 Å². The standard InChI is InChI=1S/C9H4Br2NO2/c10-6-3-7(11)5-8(4-6)14-9-12-1-2-13-9/h2-5H. The van der Waals surface area contributed by atoms with Crippen LogP contribution in [-0.2, 0) is 0 Å². The van der Waals surface area contributed by atoms with E-state index in [9.17, 15) is 0 Å². The minimum Gasteiger partial charge on any atom is -0.417 e. The van der Waals surface area contributed by atoms with Gasteiger partial charge in [-0.1, -0.05) is 31.9 Å². The summed E-state index contributed by atoms with van der Waals surface area (Å²) in [6, 6.07) is 5.54.